The van der Waals surface area contributed by atoms with Crippen molar-refractivity contribution in [3.8, 4) is 0 Å². The quantitative estimate of drug-likeness (QED) is 0.622. The molecule has 17 heavy (non-hydrogen) atoms. The Kier molecular flexibility index (Phi) is 5.64. The van der Waals surface area contributed by atoms with Gasteiger partial charge in [-0.25, -0.2) is 9.37 Å². The Morgan fingerprint density at radius 1 is 1.59 bits per heavy atom. The van der Waals surface area contributed by atoms with E-state index < -0.39 is 12.6 Å². The predicted molar refractivity (Wildman–Crippen MR) is 65.2 cm³/mol. The van der Waals surface area contributed by atoms with Crippen molar-refractivity contribution in [3.05, 3.63) is 4.88 Å². The number of hydrogen-bond acceptors (Lipinski definition) is 6. The van der Waals surface area contributed by atoms with E-state index >= 15 is 0 Å². The van der Waals surface area contributed by atoms with Gasteiger partial charge in [-0.15, -0.1) is 0 Å². The van der Waals surface area contributed by atoms with E-state index in [1.807, 2.05) is 0 Å². The molecule has 0 aromatic carbocycles. The van der Waals surface area contributed by atoms with Crippen LogP contribution in [0, 0.1) is 0 Å². The molecular formula is C9H15FN4O2S. The Labute approximate surface area is 102 Å². The predicted octanol–water partition coefficient (Wildman–Crippen LogP) is 0.483. The van der Waals surface area contributed by atoms with E-state index in [1.165, 1.54) is 0 Å². The molecule has 1 aromatic heterocycles. The number of halogens is 1. The molecule has 0 unspecified atom stereocenters. The summed E-state index contributed by atoms with van der Waals surface area (Å²) in [5.41, 5.74) is 5.59. The molecule has 0 saturated carbocycles. The minimum atomic E-state index is -0.608. The minimum absolute atomic E-state index is 0.0252. The van der Waals surface area contributed by atoms with Gasteiger partial charge in [-0.3, -0.25) is 4.79 Å². The molecule has 0 aliphatic rings. The summed E-state index contributed by atoms with van der Waals surface area (Å²) in [5, 5.41) is 5.91. The number of amides is 1. The van der Waals surface area contributed by atoms with Crippen LogP contribution in [0.2, 0.25) is 0 Å². The number of carbonyl (C=O) groups is 1. The number of aromatic nitrogens is 1. The third kappa shape index (κ3) is 4.16. The summed E-state index contributed by atoms with van der Waals surface area (Å²) in [6.07, 6.45) is 0. The monoisotopic (exact) mass is 262 g/mol. The number of anilines is 2. The van der Waals surface area contributed by atoms with Crippen molar-refractivity contribution in [2.24, 2.45) is 0 Å². The summed E-state index contributed by atoms with van der Waals surface area (Å²) >= 11 is 1.13. The van der Waals surface area contributed by atoms with Crippen LogP contribution < -0.4 is 16.4 Å². The first-order valence-corrected chi connectivity index (χ1v) is 5.84. The van der Waals surface area contributed by atoms with Crippen LogP contribution in [0.25, 0.3) is 0 Å². The minimum Gasteiger partial charge on any atom is -0.383 e. The third-order valence-corrected chi connectivity index (χ3v) is 2.85. The van der Waals surface area contributed by atoms with E-state index in [2.05, 4.69) is 15.6 Å². The van der Waals surface area contributed by atoms with Gasteiger partial charge in [0, 0.05) is 20.2 Å². The fraction of sp³-hybridized carbons (Fsp3) is 0.556. The third-order valence-electron chi connectivity index (χ3n) is 1.82. The number of nitrogens with two attached hydrogens (primary N) is 1. The molecule has 1 amide bonds. The highest BCUT2D eigenvalue weighted by Gasteiger charge is 2.15. The van der Waals surface area contributed by atoms with Crippen molar-refractivity contribution < 1.29 is 13.9 Å². The molecule has 96 valence electrons. The van der Waals surface area contributed by atoms with Crippen LogP contribution in [0.1, 0.15) is 9.67 Å². The van der Waals surface area contributed by atoms with Crippen molar-refractivity contribution >= 4 is 28.2 Å². The van der Waals surface area contributed by atoms with E-state index in [-0.39, 0.29) is 12.4 Å². The van der Waals surface area contributed by atoms with Crippen molar-refractivity contribution in [1.82, 2.24) is 10.3 Å². The number of nitrogens with one attached hydrogen (secondary N) is 2. The van der Waals surface area contributed by atoms with Crippen LogP contribution in [0.3, 0.4) is 0 Å². The Balaban J connectivity index is 2.58. The lowest BCUT2D eigenvalue weighted by Crippen LogP contribution is -2.25. The topological polar surface area (TPSA) is 89.3 Å². The standard InChI is InChI=1S/C9H15FN4O2S/c1-16-5-4-13-9-14-7(11)6(17-9)8(15)12-3-2-10/h2-5,11H2,1H3,(H,12,15)(H,13,14). The largest absolute Gasteiger partial charge is 0.383 e. The van der Waals surface area contributed by atoms with Crippen LogP contribution in [0.5, 0.6) is 0 Å². The van der Waals surface area contributed by atoms with Crippen LogP contribution >= 0.6 is 11.3 Å². The maximum atomic E-state index is 11.9. The Bertz CT molecular complexity index is 372. The molecule has 4 N–H and O–H groups in total. The van der Waals surface area contributed by atoms with Crippen molar-refractivity contribution in [3.63, 3.8) is 0 Å². The van der Waals surface area contributed by atoms with Crippen LogP contribution in [0.15, 0.2) is 0 Å². The van der Waals surface area contributed by atoms with Gasteiger partial charge in [-0.2, -0.15) is 0 Å². The number of methoxy groups -OCH3 is 1. The normalized spacial score (nSPS) is 10.2. The number of ether oxygens (including phenoxy) is 1. The second-order valence-corrected chi connectivity index (χ2v) is 4.10. The number of thiazole rings is 1. The number of alkyl halides is 1. The highest BCUT2D eigenvalue weighted by Crippen LogP contribution is 2.24. The van der Waals surface area contributed by atoms with Gasteiger partial charge in [0.1, 0.15) is 17.4 Å². The first kappa shape index (κ1) is 13.7. The second kappa shape index (κ2) is 7.02. The first-order chi connectivity index (χ1) is 8.19. The van der Waals surface area contributed by atoms with Gasteiger partial charge in [0.25, 0.3) is 5.91 Å². The average molecular weight is 262 g/mol. The van der Waals surface area contributed by atoms with E-state index in [0.717, 1.165) is 11.3 Å². The molecule has 1 aromatic rings. The van der Waals surface area contributed by atoms with Gasteiger partial charge in [-0.1, -0.05) is 11.3 Å². The molecule has 0 saturated heterocycles. The van der Waals surface area contributed by atoms with Crippen molar-refractivity contribution in [1.29, 1.82) is 0 Å². The molecule has 6 nitrogen and oxygen atoms in total. The van der Waals surface area contributed by atoms with Gasteiger partial charge < -0.3 is 21.1 Å². The number of hydrogen-bond donors (Lipinski definition) is 3. The summed E-state index contributed by atoms with van der Waals surface area (Å²) < 4.78 is 16.8. The van der Waals surface area contributed by atoms with E-state index in [4.69, 9.17) is 10.5 Å². The molecule has 0 bridgehead atoms. The molecule has 8 heteroatoms. The van der Waals surface area contributed by atoms with Gasteiger partial charge >= 0.3 is 0 Å². The fourth-order valence-electron chi connectivity index (χ4n) is 1.07. The van der Waals surface area contributed by atoms with Gasteiger partial charge in [-0.05, 0) is 0 Å². The molecule has 1 rings (SSSR count). The SMILES string of the molecule is COCCNc1nc(N)c(C(=O)NCCF)s1. The van der Waals surface area contributed by atoms with Crippen LogP contribution in [-0.4, -0.2) is 44.4 Å². The molecule has 0 aliphatic heterocycles. The van der Waals surface area contributed by atoms with Crippen molar-refractivity contribution in [2.45, 2.75) is 0 Å². The maximum Gasteiger partial charge on any atom is 0.265 e. The van der Waals surface area contributed by atoms with E-state index in [1.54, 1.807) is 7.11 Å². The molecule has 0 spiro atoms. The van der Waals surface area contributed by atoms with Crippen LogP contribution in [0.4, 0.5) is 15.3 Å². The number of nitrogen functional groups attached to an aromatic ring is 1. The van der Waals surface area contributed by atoms with Gasteiger partial charge in [0.05, 0.1) is 6.61 Å². The summed E-state index contributed by atoms with van der Waals surface area (Å²) in [7, 11) is 1.59. The first-order valence-electron chi connectivity index (χ1n) is 5.02. The Hall–Kier alpha value is -1.41. The lowest BCUT2D eigenvalue weighted by Gasteiger charge is -2.00. The Morgan fingerprint density at radius 2 is 2.35 bits per heavy atom. The van der Waals surface area contributed by atoms with Crippen molar-refractivity contribution in [2.75, 3.05) is 44.5 Å². The molecule has 1 heterocycles. The number of nitrogens with zero attached hydrogens (tertiary/aromatic N) is 1. The maximum absolute atomic E-state index is 11.9. The molecular weight excluding hydrogens is 247 g/mol. The van der Waals surface area contributed by atoms with E-state index in [9.17, 15) is 9.18 Å². The van der Waals surface area contributed by atoms with Crippen LogP contribution in [-0.2, 0) is 4.74 Å². The zero-order valence-electron chi connectivity index (χ0n) is 9.46. The average Bonchev–Trinajstić information content (AvgIpc) is 2.68. The number of rotatable bonds is 7. The molecule has 0 radical (unpaired) electrons. The zero-order valence-corrected chi connectivity index (χ0v) is 10.3. The van der Waals surface area contributed by atoms with Gasteiger partial charge in [0.2, 0.25) is 0 Å². The highest BCUT2D eigenvalue weighted by molar-refractivity contribution is 7.18. The fourth-order valence-corrected chi connectivity index (χ4v) is 1.90. The number of carbonyl (C=O) groups excluding carboxylic acids is 1. The molecule has 0 fully saturated rings. The van der Waals surface area contributed by atoms with Gasteiger partial charge in [0.15, 0.2) is 5.13 Å². The molecule has 0 aliphatic carbocycles. The summed E-state index contributed by atoms with van der Waals surface area (Å²) in [5.74, 6) is -0.260. The zero-order chi connectivity index (χ0) is 12.7. The Morgan fingerprint density at radius 3 is 3.00 bits per heavy atom. The summed E-state index contributed by atoms with van der Waals surface area (Å²) in [4.78, 5) is 15.8. The highest BCUT2D eigenvalue weighted by atomic mass is 32.1. The summed E-state index contributed by atoms with van der Waals surface area (Å²) in [6.45, 7) is 0.476. The second-order valence-electron chi connectivity index (χ2n) is 3.10. The molecule has 0 atom stereocenters. The lowest BCUT2D eigenvalue weighted by atomic mass is 10.4. The smallest absolute Gasteiger partial charge is 0.265 e. The lowest BCUT2D eigenvalue weighted by molar-refractivity contribution is 0.0955. The van der Waals surface area contributed by atoms with E-state index in [0.29, 0.717) is 23.2 Å². The summed E-state index contributed by atoms with van der Waals surface area (Å²) in [6, 6.07) is 0.